The van der Waals surface area contributed by atoms with Crippen LogP contribution in [-0.2, 0) is 11.8 Å². The fourth-order valence-electron chi connectivity index (χ4n) is 3.85. The van der Waals surface area contributed by atoms with Crippen LogP contribution in [0, 0.1) is 18.7 Å². The minimum absolute atomic E-state index is 0.00464. The molecule has 0 spiro atoms. The van der Waals surface area contributed by atoms with E-state index < -0.39 is 0 Å². The molecule has 1 fully saturated rings. The van der Waals surface area contributed by atoms with Crippen molar-refractivity contribution in [3.05, 3.63) is 60.4 Å². The molecule has 2 N–H and O–H groups in total. The van der Waals surface area contributed by atoms with Gasteiger partial charge in [-0.2, -0.15) is 5.10 Å². The van der Waals surface area contributed by atoms with E-state index in [1.165, 1.54) is 6.07 Å². The molecule has 36 heavy (non-hydrogen) atoms. The van der Waals surface area contributed by atoms with Crippen molar-refractivity contribution in [2.75, 3.05) is 23.8 Å². The van der Waals surface area contributed by atoms with Crippen LogP contribution >= 0.6 is 0 Å². The van der Waals surface area contributed by atoms with Crippen molar-refractivity contribution in [3.63, 3.8) is 0 Å². The molecule has 188 valence electrons. The third kappa shape index (κ3) is 5.62. The van der Waals surface area contributed by atoms with Gasteiger partial charge in [0.25, 0.3) is 0 Å². The van der Waals surface area contributed by atoms with Crippen molar-refractivity contribution >= 4 is 28.2 Å². The third-order valence-electron chi connectivity index (χ3n) is 5.88. The number of fused-ring (bicyclic) bond motifs is 2. The SMILES string of the molecule is CC.Cc1c(-c2cc3cc(NC(=O)C4CC4)ncc3cc2F)cnc2c1NCCO2.Cn1cccn1. The smallest absolute Gasteiger partial charge is 0.237 e. The number of nitrogens with zero attached hydrogens (tertiary/aromatic N) is 4. The Hall–Kier alpha value is -4.01. The summed E-state index contributed by atoms with van der Waals surface area (Å²) in [6, 6.07) is 6.91. The molecule has 1 amide bonds. The van der Waals surface area contributed by atoms with Gasteiger partial charge in [0.05, 0.1) is 0 Å². The number of hydrogen-bond acceptors (Lipinski definition) is 6. The molecule has 0 radical (unpaired) electrons. The first kappa shape index (κ1) is 25.1. The zero-order chi connectivity index (χ0) is 25.7. The second-order valence-electron chi connectivity index (χ2n) is 8.44. The summed E-state index contributed by atoms with van der Waals surface area (Å²) in [6.07, 6.45) is 8.72. The van der Waals surface area contributed by atoms with E-state index in [1.54, 1.807) is 35.4 Å². The number of hydrogen-bond donors (Lipinski definition) is 2. The molecule has 1 aliphatic heterocycles. The molecule has 4 aromatic rings. The van der Waals surface area contributed by atoms with Crippen molar-refractivity contribution in [2.24, 2.45) is 13.0 Å². The maximum atomic E-state index is 14.9. The molecule has 6 rings (SSSR count). The van der Waals surface area contributed by atoms with Gasteiger partial charge >= 0.3 is 0 Å². The van der Waals surface area contributed by atoms with Gasteiger partial charge < -0.3 is 15.4 Å². The Labute approximate surface area is 209 Å². The number of aromatic nitrogens is 4. The van der Waals surface area contributed by atoms with Crippen molar-refractivity contribution in [1.82, 2.24) is 19.7 Å². The lowest BCUT2D eigenvalue weighted by Gasteiger charge is -2.21. The normalized spacial score (nSPS) is 13.7. The van der Waals surface area contributed by atoms with Crippen LogP contribution in [0.1, 0.15) is 32.3 Å². The maximum absolute atomic E-state index is 14.9. The van der Waals surface area contributed by atoms with Gasteiger partial charge in [0.15, 0.2) is 0 Å². The van der Waals surface area contributed by atoms with Crippen LogP contribution in [0.15, 0.2) is 49.1 Å². The van der Waals surface area contributed by atoms with Gasteiger partial charge in [-0.1, -0.05) is 13.8 Å². The van der Waals surface area contributed by atoms with Gasteiger partial charge in [-0.25, -0.2) is 14.4 Å². The number of ether oxygens (including phenoxy) is 1. The Morgan fingerprint density at radius 1 is 1.14 bits per heavy atom. The first-order valence-electron chi connectivity index (χ1n) is 12.2. The summed E-state index contributed by atoms with van der Waals surface area (Å²) < 4.78 is 22.2. The average molecular weight is 491 g/mol. The summed E-state index contributed by atoms with van der Waals surface area (Å²) >= 11 is 0. The number of anilines is 2. The summed E-state index contributed by atoms with van der Waals surface area (Å²) in [6.45, 7) is 7.18. The number of aryl methyl sites for hydroxylation is 1. The van der Waals surface area contributed by atoms with Crippen molar-refractivity contribution in [1.29, 1.82) is 0 Å². The maximum Gasteiger partial charge on any atom is 0.237 e. The Morgan fingerprint density at radius 3 is 2.61 bits per heavy atom. The van der Waals surface area contributed by atoms with Crippen LogP contribution in [0.2, 0.25) is 0 Å². The Balaban J connectivity index is 0.000000330. The molecule has 0 atom stereocenters. The monoisotopic (exact) mass is 490 g/mol. The van der Waals surface area contributed by atoms with Crippen LogP contribution in [0.5, 0.6) is 5.88 Å². The van der Waals surface area contributed by atoms with E-state index >= 15 is 0 Å². The van der Waals surface area contributed by atoms with Gasteiger partial charge in [0.2, 0.25) is 11.8 Å². The number of halogens is 1. The molecule has 2 aliphatic rings. The van der Waals surface area contributed by atoms with E-state index in [1.807, 2.05) is 40.1 Å². The molecule has 0 saturated heterocycles. The predicted octanol–water partition coefficient (Wildman–Crippen LogP) is 5.34. The Morgan fingerprint density at radius 2 is 1.94 bits per heavy atom. The van der Waals surface area contributed by atoms with Crippen LogP contribution < -0.4 is 15.4 Å². The predicted molar refractivity (Wildman–Crippen MR) is 140 cm³/mol. The van der Waals surface area contributed by atoms with E-state index in [9.17, 15) is 9.18 Å². The van der Waals surface area contributed by atoms with E-state index in [0.29, 0.717) is 41.4 Å². The first-order valence-corrected chi connectivity index (χ1v) is 12.2. The number of benzene rings is 1. The molecular formula is C27H31FN6O2. The molecule has 3 aromatic heterocycles. The van der Waals surface area contributed by atoms with Gasteiger partial charge in [0.1, 0.15) is 23.9 Å². The standard InChI is InChI=1S/C21H19FN4O2.C4H6N2.C2H6/c1-11-16(10-25-21-19(11)23-4-5-28-21)15-6-13-8-18(26-20(27)12-2-3-12)24-9-14(13)7-17(15)22;1-6-4-2-3-5-6;1-2/h6-10,12,23H,2-5H2,1H3,(H,24,26,27);2-4H,1H3;1-2H3. The quantitative estimate of drug-likeness (QED) is 0.402. The van der Waals surface area contributed by atoms with E-state index in [-0.39, 0.29) is 17.6 Å². The van der Waals surface area contributed by atoms with E-state index in [2.05, 4.69) is 25.7 Å². The molecule has 1 aliphatic carbocycles. The molecule has 1 saturated carbocycles. The lowest BCUT2D eigenvalue weighted by Crippen LogP contribution is -2.20. The molecule has 4 heterocycles. The molecule has 1 aromatic carbocycles. The zero-order valence-corrected chi connectivity index (χ0v) is 21.0. The fraction of sp³-hybridized carbons (Fsp3) is 0.333. The minimum Gasteiger partial charge on any atom is -0.474 e. The largest absolute Gasteiger partial charge is 0.474 e. The highest BCUT2D eigenvalue weighted by Crippen LogP contribution is 2.37. The van der Waals surface area contributed by atoms with Crippen LogP contribution in [-0.4, -0.2) is 38.8 Å². The van der Waals surface area contributed by atoms with Crippen molar-refractivity contribution in [3.8, 4) is 17.0 Å². The van der Waals surface area contributed by atoms with Crippen molar-refractivity contribution in [2.45, 2.75) is 33.6 Å². The zero-order valence-electron chi connectivity index (χ0n) is 21.0. The number of carbonyl (C=O) groups is 1. The van der Waals surface area contributed by atoms with Gasteiger partial charge in [0, 0.05) is 60.8 Å². The molecule has 8 nitrogen and oxygen atoms in total. The first-order chi connectivity index (χ1) is 17.5. The highest BCUT2D eigenvalue weighted by Gasteiger charge is 2.29. The second-order valence-corrected chi connectivity index (χ2v) is 8.44. The summed E-state index contributed by atoms with van der Waals surface area (Å²) in [5, 5.41) is 11.4. The average Bonchev–Trinajstić information content (AvgIpc) is 3.65. The van der Waals surface area contributed by atoms with E-state index in [0.717, 1.165) is 29.5 Å². The summed E-state index contributed by atoms with van der Waals surface area (Å²) in [7, 11) is 1.89. The summed E-state index contributed by atoms with van der Waals surface area (Å²) in [5.74, 6) is 0.779. The number of amides is 1. The molecular weight excluding hydrogens is 459 g/mol. The Kier molecular flexibility index (Phi) is 7.77. The van der Waals surface area contributed by atoms with Crippen LogP contribution in [0.3, 0.4) is 0 Å². The van der Waals surface area contributed by atoms with Crippen LogP contribution in [0.25, 0.3) is 21.9 Å². The lowest BCUT2D eigenvalue weighted by atomic mass is 9.98. The number of nitrogens with one attached hydrogen (secondary N) is 2. The molecule has 0 unspecified atom stereocenters. The topological polar surface area (TPSA) is 94.0 Å². The summed E-state index contributed by atoms with van der Waals surface area (Å²) in [4.78, 5) is 20.6. The number of rotatable bonds is 3. The third-order valence-corrected chi connectivity index (χ3v) is 5.88. The van der Waals surface area contributed by atoms with Crippen LogP contribution in [0.4, 0.5) is 15.9 Å². The number of pyridine rings is 2. The highest BCUT2D eigenvalue weighted by atomic mass is 19.1. The Bertz CT molecular complexity index is 1350. The van der Waals surface area contributed by atoms with Gasteiger partial charge in [-0.05, 0) is 55.0 Å². The molecule has 9 heteroatoms. The fourth-order valence-corrected chi connectivity index (χ4v) is 3.85. The number of carbonyl (C=O) groups excluding carboxylic acids is 1. The highest BCUT2D eigenvalue weighted by molar-refractivity contribution is 5.96. The lowest BCUT2D eigenvalue weighted by molar-refractivity contribution is -0.117. The minimum atomic E-state index is -0.342. The molecule has 0 bridgehead atoms. The summed E-state index contributed by atoms with van der Waals surface area (Å²) in [5.41, 5.74) is 2.85. The van der Waals surface area contributed by atoms with E-state index in [4.69, 9.17) is 4.74 Å². The second kappa shape index (κ2) is 11.2. The van der Waals surface area contributed by atoms with Gasteiger partial charge in [-0.3, -0.25) is 9.48 Å². The van der Waals surface area contributed by atoms with Crippen molar-refractivity contribution < 1.29 is 13.9 Å². The van der Waals surface area contributed by atoms with Gasteiger partial charge in [-0.15, -0.1) is 0 Å².